The zero-order chi connectivity index (χ0) is 17.0. The highest BCUT2D eigenvalue weighted by molar-refractivity contribution is 5.92. The van der Waals surface area contributed by atoms with Crippen molar-refractivity contribution in [2.24, 2.45) is 5.41 Å². The molecule has 24 heavy (non-hydrogen) atoms. The highest BCUT2D eigenvalue weighted by atomic mass is 16.4. The molecule has 2 N–H and O–H groups in total. The Morgan fingerprint density at radius 1 is 1.12 bits per heavy atom. The van der Waals surface area contributed by atoms with E-state index < -0.39 is 11.4 Å². The van der Waals surface area contributed by atoms with Crippen LogP contribution in [-0.4, -0.2) is 33.3 Å². The van der Waals surface area contributed by atoms with E-state index in [1.165, 1.54) is 0 Å². The van der Waals surface area contributed by atoms with Crippen LogP contribution < -0.4 is 5.32 Å². The molecule has 6 heteroatoms. The van der Waals surface area contributed by atoms with Crippen LogP contribution in [0.1, 0.15) is 42.6 Å². The summed E-state index contributed by atoms with van der Waals surface area (Å²) >= 11 is 0. The average molecular weight is 327 g/mol. The minimum absolute atomic E-state index is 0.152. The predicted molar refractivity (Wildman–Crippen MR) is 89.1 cm³/mol. The van der Waals surface area contributed by atoms with Crippen molar-refractivity contribution in [3.63, 3.8) is 0 Å². The van der Waals surface area contributed by atoms with Crippen molar-refractivity contribution in [1.29, 1.82) is 0 Å². The van der Waals surface area contributed by atoms with Gasteiger partial charge in [0.2, 0.25) is 0 Å². The Bertz CT molecular complexity index is 718. The number of carboxylic acids is 1. The van der Waals surface area contributed by atoms with Gasteiger partial charge in [0.15, 0.2) is 5.69 Å². The molecule has 1 amide bonds. The molecule has 0 radical (unpaired) electrons. The molecule has 1 aromatic carbocycles. The Morgan fingerprint density at radius 3 is 2.50 bits per heavy atom. The third-order valence-electron chi connectivity index (χ3n) is 4.69. The molecular weight excluding hydrogens is 306 g/mol. The highest BCUT2D eigenvalue weighted by Crippen LogP contribution is 2.36. The molecule has 6 nitrogen and oxygen atoms in total. The normalized spacial score (nSPS) is 16.5. The molecule has 1 aliphatic carbocycles. The zero-order valence-electron chi connectivity index (χ0n) is 13.4. The van der Waals surface area contributed by atoms with E-state index in [0.29, 0.717) is 12.8 Å². The number of aromatic nitrogens is 2. The first kappa shape index (κ1) is 16.2. The van der Waals surface area contributed by atoms with Crippen LogP contribution in [0.15, 0.2) is 42.6 Å². The summed E-state index contributed by atoms with van der Waals surface area (Å²) in [4.78, 5) is 24.0. The Morgan fingerprint density at radius 2 is 1.83 bits per heavy atom. The number of carbonyl (C=O) groups is 2. The summed E-state index contributed by atoms with van der Waals surface area (Å²) in [5.41, 5.74) is 0.316. The largest absolute Gasteiger partial charge is 0.481 e. The summed E-state index contributed by atoms with van der Waals surface area (Å²) in [7, 11) is 0. The number of benzene rings is 1. The maximum absolute atomic E-state index is 12.3. The van der Waals surface area contributed by atoms with Crippen molar-refractivity contribution in [2.75, 3.05) is 6.54 Å². The van der Waals surface area contributed by atoms with Crippen molar-refractivity contribution in [1.82, 2.24) is 15.1 Å². The van der Waals surface area contributed by atoms with Gasteiger partial charge in [-0.15, -0.1) is 0 Å². The van der Waals surface area contributed by atoms with Crippen LogP contribution in [0.2, 0.25) is 0 Å². The molecule has 126 valence electrons. The van der Waals surface area contributed by atoms with Gasteiger partial charge in [-0.3, -0.25) is 9.59 Å². The fraction of sp³-hybridized carbons (Fsp3) is 0.389. The number of aliphatic carboxylic acids is 1. The van der Waals surface area contributed by atoms with E-state index in [4.69, 9.17) is 0 Å². The van der Waals surface area contributed by atoms with Crippen molar-refractivity contribution >= 4 is 11.9 Å². The van der Waals surface area contributed by atoms with E-state index in [-0.39, 0.29) is 18.1 Å². The maximum atomic E-state index is 12.3. The molecular formula is C18H21N3O3. The number of carbonyl (C=O) groups excluding carboxylic acids is 1. The third-order valence-corrected chi connectivity index (χ3v) is 4.69. The number of hydrogen-bond acceptors (Lipinski definition) is 3. The van der Waals surface area contributed by atoms with Crippen molar-refractivity contribution in [2.45, 2.75) is 32.1 Å². The second-order valence-corrected chi connectivity index (χ2v) is 6.31. The molecule has 1 aliphatic rings. The number of amides is 1. The van der Waals surface area contributed by atoms with E-state index in [9.17, 15) is 14.7 Å². The van der Waals surface area contributed by atoms with E-state index in [0.717, 1.165) is 24.9 Å². The number of rotatable bonds is 5. The van der Waals surface area contributed by atoms with Gasteiger partial charge in [-0.2, -0.15) is 5.10 Å². The first-order valence-electron chi connectivity index (χ1n) is 8.23. The molecule has 1 fully saturated rings. The monoisotopic (exact) mass is 327 g/mol. The second-order valence-electron chi connectivity index (χ2n) is 6.31. The van der Waals surface area contributed by atoms with Gasteiger partial charge in [0.25, 0.3) is 5.91 Å². The van der Waals surface area contributed by atoms with Crippen LogP contribution in [0.25, 0.3) is 5.69 Å². The summed E-state index contributed by atoms with van der Waals surface area (Å²) in [5.74, 6) is -1.16. The molecule has 3 rings (SSSR count). The number of nitrogens with one attached hydrogen (secondary N) is 1. The van der Waals surface area contributed by atoms with Gasteiger partial charge in [0.05, 0.1) is 11.1 Å². The van der Waals surface area contributed by atoms with Crippen LogP contribution in [0.5, 0.6) is 0 Å². The van der Waals surface area contributed by atoms with Gasteiger partial charge >= 0.3 is 5.97 Å². The summed E-state index contributed by atoms with van der Waals surface area (Å²) in [6.45, 7) is 0.152. The summed E-state index contributed by atoms with van der Waals surface area (Å²) in [6.07, 6.45) is 5.79. The Hall–Kier alpha value is -2.63. The molecule has 2 aromatic rings. The SMILES string of the molecule is O=C(NCC1(C(=O)O)CCCCC1)c1ccn(-c2ccccc2)n1. The standard InChI is InChI=1S/C18H21N3O3/c22-16(19-13-18(17(23)24)10-5-2-6-11-18)15-9-12-21(20-15)14-7-3-1-4-8-14/h1,3-4,7-9,12H,2,5-6,10-11,13H2,(H,19,22)(H,23,24). The minimum atomic E-state index is -0.837. The predicted octanol–water partition coefficient (Wildman–Crippen LogP) is 2.64. The quantitative estimate of drug-likeness (QED) is 0.884. The summed E-state index contributed by atoms with van der Waals surface area (Å²) in [5, 5.41) is 16.6. The van der Waals surface area contributed by atoms with Crippen molar-refractivity contribution in [3.05, 3.63) is 48.3 Å². The van der Waals surface area contributed by atoms with Crippen LogP contribution >= 0.6 is 0 Å². The van der Waals surface area contributed by atoms with E-state index in [2.05, 4.69) is 10.4 Å². The highest BCUT2D eigenvalue weighted by Gasteiger charge is 2.39. The first-order valence-corrected chi connectivity index (χ1v) is 8.23. The van der Waals surface area contributed by atoms with Gasteiger partial charge in [0, 0.05) is 12.7 Å². The van der Waals surface area contributed by atoms with Gasteiger partial charge in [-0.05, 0) is 31.0 Å². The van der Waals surface area contributed by atoms with Gasteiger partial charge in [-0.25, -0.2) is 4.68 Å². The lowest BCUT2D eigenvalue weighted by molar-refractivity contribution is -0.150. The van der Waals surface area contributed by atoms with E-state index in [1.54, 1.807) is 16.9 Å². The van der Waals surface area contributed by atoms with Gasteiger partial charge in [-0.1, -0.05) is 37.5 Å². The molecule has 0 aliphatic heterocycles. The Balaban J connectivity index is 1.67. The minimum Gasteiger partial charge on any atom is -0.481 e. The lowest BCUT2D eigenvalue weighted by atomic mass is 9.74. The Labute approximate surface area is 140 Å². The fourth-order valence-electron chi connectivity index (χ4n) is 3.20. The summed E-state index contributed by atoms with van der Waals surface area (Å²) < 4.78 is 1.63. The maximum Gasteiger partial charge on any atom is 0.311 e. The number of nitrogens with zero attached hydrogens (tertiary/aromatic N) is 2. The molecule has 1 heterocycles. The van der Waals surface area contributed by atoms with Crippen LogP contribution in [0.3, 0.4) is 0 Å². The molecule has 0 atom stereocenters. The third kappa shape index (κ3) is 3.32. The topological polar surface area (TPSA) is 84.2 Å². The van der Waals surface area contributed by atoms with E-state index >= 15 is 0 Å². The second kappa shape index (κ2) is 6.86. The van der Waals surface area contributed by atoms with Crippen LogP contribution in [0, 0.1) is 5.41 Å². The lowest BCUT2D eigenvalue weighted by Crippen LogP contribution is -2.44. The smallest absolute Gasteiger partial charge is 0.311 e. The van der Waals surface area contributed by atoms with Gasteiger partial charge in [0.1, 0.15) is 0 Å². The zero-order valence-corrected chi connectivity index (χ0v) is 13.4. The molecule has 0 unspecified atom stereocenters. The van der Waals surface area contributed by atoms with Crippen LogP contribution in [0.4, 0.5) is 0 Å². The fourth-order valence-corrected chi connectivity index (χ4v) is 3.20. The number of carboxylic acid groups (broad SMARTS) is 1. The number of para-hydroxylation sites is 1. The molecule has 1 saturated carbocycles. The average Bonchev–Trinajstić information content (AvgIpc) is 3.11. The Kier molecular flexibility index (Phi) is 4.64. The van der Waals surface area contributed by atoms with Gasteiger partial charge < -0.3 is 10.4 Å². The van der Waals surface area contributed by atoms with Crippen molar-refractivity contribution in [3.8, 4) is 5.69 Å². The van der Waals surface area contributed by atoms with Crippen molar-refractivity contribution < 1.29 is 14.7 Å². The molecule has 1 aromatic heterocycles. The lowest BCUT2D eigenvalue weighted by Gasteiger charge is -2.33. The summed E-state index contributed by atoms with van der Waals surface area (Å²) in [6, 6.07) is 11.1. The van der Waals surface area contributed by atoms with Crippen LogP contribution in [-0.2, 0) is 4.79 Å². The number of hydrogen-bond donors (Lipinski definition) is 2. The van der Waals surface area contributed by atoms with E-state index in [1.807, 2.05) is 30.3 Å². The molecule has 0 spiro atoms. The first-order chi connectivity index (χ1) is 11.6. The molecule has 0 saturated heterocycles. The molecule has 0 bridgehead atoms.